The Bertz CT molecular complexity index is 429. The number of nitrogens with one attached hydrogen (secondary N) is 1. The smallest absolute Gasteiger partial charge is 0.175 e. The third kappa shape index (κ3) is 6.49. The van der Waals surface area contributed by atoms with Crippen molar-refractivity contribution in [3.05, 3.63) is 22.2 Å². The highest BCUT2D eigenvalue weighted by Crippen LogP contribution is 2.36. The van der Waals surface area contributed by atoms with E-state index in [0.717, 1.165) is 35.5 Å². The van der Waals surface area contributed by atoms with Crippen LogP contribution in [0.4, 0.5) is 0 Å². The van der Waals surface area contributed by atoms with Crippen molar-refractivity contribution in [3.63, 3.8) is 0 Å². The average Bonchev–Trinajstić information content (AvgIpc) is 2.46. The second kappa shape index (κ2) is 10.4. The van der Waals surface area contributed by atoms with Gasteiger partial charge in [0.25, 0.3) is 0 Å². The van der Waals surface area contributed by atoms with Crippen molar-refractivity contribution in [1.82, 2.24) is 5.32 Å². The van der Waals surface area contributed by atoms with Crippen LogP contribution < -0.4 is 14.8 Å². The zero-order valence-electron chi connectivity index (χ0n) is 13.4. The Kier molecular flexibility index (Phi) is 9.20. The fraction of sp³-hybridized carbons (Fsp3) is 0.625. The van der Waals surface area contributed by atoms with Crippen LogP contribution in [0.5, 0.6) is 11.5 Å². The van der Waals surface area contributed by atoms with Gasteiger partial charge in [-0.3, -0.25) is 0 Å². The van der Waals surface area contributed by atoms with E-state index in [-0.39, 0.29) is 0 Å². The molecule has 1 aromatic rings. The normalized spacial score (nSPS) is 12.2. The molecule has 5 heteroatoms. The molecule has 0 saturated carbocycles. The van der Waals surface area contributed by atoms with Gasteiger partial charge in [-0.15, -0.1) is 0 Å². The number of rotatable bonds is 10. The summed E-state index contributed by atoms with van der Waals surface area (Å²) in [5.74, 6) is 3.44. The van der Waals surface area contributed by atoms with E-state index in [2.05, 4.69) is 47.4 Å². The SMILES string of the molecule is CCCOc1c(Br)cc(CNCC(C)CSC)cc1OC. The standard InChI is InChI=1S/C16H26BrNO2S/c1-5-6-20-16-14(17)7-13(8-15(16)19-3)10-18-9-12(2)11-21-4/h7-8,12,18H,5-6,9-11H2,1-4H3. The molecule has 120 valence electrons. The molecule has 1 rings (SSSR count). The molecule has 1 N–H and O–H groups in total. The van der Waals surface area contributed by atoms with Crippen LogP contribution in [-0.4, -0.2) is 32.3 Å². The van der Waals surface area contributed by atoms with Gasteiger partial charge in [0.05, 0.1) is 18.2 Å². The fourth-order valence-corrected chi connectivity index (χ4v) is 3.32. The van der Waals surface area contributed by atoms with Crippen LogP contribution in [0.1, 0.15) is 25.8 Å². The number of thioether (sulfide) groups is 1. The van der Waals surface area contributed by atoms with E-state index in [4.69, 9.17) is 9.47 Å². The van der Waals surface area contributed by atoms with Crippen LogP contribution in [0.2, 0.25) is 0 Å². The van der Waals surface area contributed by atoms with Gasteiger partial charge in [0.2, 0.25) is 0 Å². The lowest BCUT2D eigenvalue weighted by Gasteiger charge is -2.15. The zero-order valence-corrected chi connectivity index (χ0v) is 15.8. The van der Waals surface area contributed by atoms with E-state index >= 15 is 0 Å². The average molecular weight is 376 g/mol. The Morgan fingerprint density at radius 2 is 2.14 bits per heavy atom. The van der Waals surface area contributed by atoms with Crippen LogP contribution in [0.15, 0.2) is 16.6 Å². The summed E-state index contributed by atoms with van der Waals surface area (Å²) in [4.78, 5) is 0. The Morgan fingerprint density at radius 3 is 2.76 bits per heavy atom. The maximum absolute atomic E-state index is 5.74. The fourth-order valence-electron chi connectivity index (χ4n) is 2.03. The van der Waals surface area contributed by atoms with Crippen LogP contribution in [0.25, 0.3) is 0 Å². The minimum absolute atomic E-state index is 0.678. The van der Waals surface area contributed by atoms with Gasteiger partial charge in [-0.2, -0.15) is 11.8 Å². The van der Waals surface area contributed by atoms with E-state index in [9.17, 15) is 0 Å². The summed E-state index contributed by atoms with van der Waals surface area (Å²) in [6, 6.07) is 4.14. The summed E-state index contributed by atoms with van der Waals surface area (Å²) >= 11 is 5.47. The first-order valence-electron chi connectivity index (χ1n) is 7.31. The van der Waals surface area contributed by atoms with Gasteiger partial charge < -0.3 is 14.8 Å². The van der Waals surface area contributed by atoms with Gasteiger partial charge in [0.1, 0.15) is 0 Å². The van der Waals surface area contributed by atoms with Crippen LogP contribution >= 0.6 is 27.7 Å². The predicted octanol–water partition coefficient (Wildman–Crippen LogP) is 4.34. The monoisotopic (exact) mass is 375 g/mol. The lowest BCUT2D eigenvalue weighted by Crippen LogP contribution is -2.22. The summed E-state index contributed by atoms with van der Waals surface area (Å²) in [7, 11) is 1.68. The molecule has 0 aliphatic carbocycles. The highest BCUT2D eigenvalue weighted by Gasteiger charge is 2.11. The molecule has 0 aliphatic heterocycles. The van der Waals surface area contributed by atoms with E-state index in [1.807, 2.05) is 17.8 Å². The number of halogens is 1. The molecule has 3 nitrogen and oxygen atoms in total. The molecule has 0 bridgehead atoms. The molecule has 0 heterocycles. The number of methoxy groups -OCH3 is 1. The maximum Gasteiger partial charge on any atom is 0.175 e. The summed E-state index contributed by atoms with van der Waals surface area (Å²) in [5, 5.41) is 3.50. The highest BCUT2D eigenvalue weighted by molar-refractivity contribution is 9.10. The number of benzene rings is 1. The molecule has 0 radical (unpaired) electrons. The van der Waals surface area contributed by atoms with Crippen molar-refractivity contribution < 1.29 is 9.47 Å². The first-order valence-corrected chi connectivity index (χ1v) is 9.49. The predicted molar refractivity (Wildman–Crippen MR) is 95.7 cm³/mol. The number of hydrogen-bond donors (Lipinski definition) is 1. The lowest BCUT2D eigenvalue weighted by molar-refractivity contribution is 0.292. The minimum atomic E-state index is 0.678. The second-order valence-corrected chi connectivity index (χ2v) is 6.91. The molecule has 0 spiro atoms. The van der Waals surface area contributed by atoms with Crippen molar-refractivity contribution in [3.8, 4) is 11.5 Å². The topological polar surface area (TPSA) is 30.5 Å². The molecule has 1 atom stereocenters. The number of hydrogen-bond acceptors (Lipinski definition) is 4. The van der Waals surface area contributed by atoms with E-state index in [1.54, 1.807) is 7.11 Å². The Hall–Kier alpha value is -0.390. The third-order valence-electron chi connectivity index (χ3n) is 3.01. The van der Waals surface area contributed by atoms with E-state index in [0.29, 0.717) is 12.5 Å². The van der Waals surface area contributed by atoms with Crippen LogP contribution in [0.3, 0.4) is 0 Å². The molecule has 0 aromatic heterocycles. The molecule has 0 aliphatic rings. The second-order valence-electron chi connectivity index (χ2n) is 5.15. The van der Waals surface area contributed by atoms with Crippen molar-refractivity contribution in [1.29, 1.82) is 0 Å². The van der Waals surface area contributed by atoms with Gasteiger partial charge in [0.15, 0.2) is 11.5 Å². The molecule has 0 saturated heterocycles. The quantitative estimate of drug-likeness (QED) is 0.658. The lowest BCUT2D eigenvalue weighted by atomic mass is 10.1. The largest absolute Gasteiger partial charge is 0.493 e. The van der Waals surface area contributed by atoms with E-state index in [1.165, 1.54) is 11.3 Å². The van der Waals surface area contributed by atoms with E-state index < -0.39 is 0 Å². The van der Waals surface area contributed by atoms with Crippen LogP contribution in [-0.2, 0) is 6.54 Å². The molecule has 1 aromatic carbocycles. The molecule has 1 unspecified atom stereocenters. The zero-order chi connectivity index (χ0) is 15.7. The van der Waals surface area contributed by atoms with Gasteiger partial charge >= 0.3 is 0 Å². The number of ether oxygens (including phenoxy) is 2. The van der Waals surface area contributed by atoms with Crippen molar-refractivity contribution in [2.24, 2.45) is 5.92 Å². The summed E-state index contributed by atoms with van der Waals surface area (Å²) < 4.78 is 12.1. The Morgan fingerprint density at radius 1 is 1.38 bits per heavy atom. The Labute approximate surface area is 141 Å². The summed E-state index contributed by atoms with van der Waals surface area (Å²) in [6.45, 7) is 6.91. The molecular weight excluding hydrogens is 350 g/mol. The summed E-state index contributed by atoms with van der Waals surface area (Å²) in [5.41, 5.74) is 1.19. The van der Waals surface area contributed by atoms with Crippen LogP contribution in [0, 0.1) is 5.92 Å². The van der Waals surface area contributed by atoms with Gasteiger partial charge in [-0.25, -0.2) is 0 Å². The molecule has 0 amide bonds. The van der Waals surface area contributed by atoms with Crippen molar-refractivity contribution >= 4 is 27.7 Å². The van der Waals surface area contributed by atoms with Gasteiger partial charge in [-0.05, 0) is 64.5 Å². The summed E-state index contributed by atoms with van der Waals surface area (Å²) in [6.07, 6.45) is 3.12. The highest BCUT2D eigenvalue weighted by atomic mass is 79.9. The minimum Gasteiger partial charge on any atom is -0.493 e. The van der Waals surface area contributed by atoms with Crippen molar-refractivity contribution in [2.75, 3.05) is 32.3 Å². The molecule has 21 heavy (non-hydrogen) atoms. The first-order chi connectivity index (χ1) is 10.1. The third-order valence-corrected chi connectivity index (χ3v) is 4.50. The Balaban J connectivity index is 2.65. The molecule has 0 fully saturated rings. The molecular formula is C16H26BrNO2S. The van der Waals surface area contributed by atoms with Gasteiger partial charge in [-0.1, -0.05) is 13.8 Å². The first kappa shape index (κ1) is 18.7. The van der Waals surface area contributed by atoms with Crippen molar-refractivity contribution in [2.45, 2.75) is 26.8 Å². The maximum atomic E-state index is 5.74. The van der Waals surface area contributed by atoms with Gasteiger partial charge in [0, 0.05) is 6.54 Å².